The van der Waals surface area contributed by atoms with Crippen LogP contribution in [0.1, 0.15) is 0 Å². The molecule has 6 nitrogen and oxygen atoms in total. The molecule has 1 fully saturated rings. The molecule has 31 heavy (non-hydrogen) atoms. The van der Waals surface area contributed by atoms with Gasteiger partial charge in [-0.15, -0.1) is 0 Å². The first-order chi connectivity index (χ1) is 14.8. The Hall–Kier alpha value is -3.04. The van der Waals surface area contributed by atoms with Crippen molar-refractivity contribution in [2.45, 2.75) is 4.90 Å². The number of hydrogen-bond acceptors (Lipinski definition) is 4. The summed E-state index contributed by atoms with van der Waals surface area (Å²) in [5.41, 5.74) is 0.0345. The fraction of sp³-hybridized carbons (Fsp3) is 0.227. The van der Waals surface area contributed by atoms with Crippen LogP contribution in [0.5, 0.6) is 0 Å². The van der Waals surface area contributed by atoms with Gasteiger partial charge in [0.15, 0.2) is 0 Å². The van der Waals surface area contributed by atoms with Crippen molar-refractivity contribution in [2.24, 2.45) is 0 Å². The van der Waals surface area contributed by atoms with Crippen molar-refractivity contribution in [1.82, 2.24) is 9.21 Å². The Kier molecular flexibility index (Phi) is 5.88. The monoisotopic (exact) mass is 445 g/mol. The molecule has 3 aromatic rings. The Balaban J connectivity index is 1.37. The zero-order valence-corrected chi connectivity index (χ0v) is 17.4. The third-order valence-electron chi connectivity index (χ3n) is 5.31. The van der Waals surface area contributed by atoms with E-state index in [1.54, 1.807) is 18.2 Å². The predicted molar refractivity (Wildman–Crippen MR) is 114 cm³/mol. The number of rotatable bonds is 5. The van der Waals surface area contributed by atoms with E-state index in [9.17, 15) is 22.0 Å². The zero-order valence-electron chi connectivity index (χ0n) is 16.6. The number of nitrogens with zero attached hydrogens (tertiary/aromatic N) is 2. The van der Waals surface area contributed by atoms with Gasteiger partial charge in [0, 0.05) is 32.2 Å². The van der Waals surface area contributed by atoms with Crippen LogP contribution in [0.2, 0.25) is 0 Å². The molecule has 162 valence electrons. The van der Waals surface area contributed by atoms with Crippen LogP contribution in [-0.4, -0.2) is 56.3 Å². The first-order valence-electron chi connectivity index (χ1n) is 9.80. The maximum Gasteiger partial charge on any atom is 0.243 e. The first-order valence-corrected chi connectivity index (χ1v) is 11.2. The van der Waals surface area contributed by atoms with Crippen molar-refractivity contribution in [1.29, 1.82) is 0 Å². The molecule has 0 aliphatic carbocycles. The van der Waals surface area contributed by atoms with Gasteiger partial charge in [-0.1, -0.05) is 30.3 Å². The second kappa shape index (κ2) is 8.60. The minimum Gasteiger partial charge on any atom is -0.374 e. The molecule has 0 unspecified atom stereocenters. The average Bonchev–Trinajstić information content (AvgIpc) is 2.78. The lowest BCUT2D eigenvalue weighted by molar-refractivity contribution is -0.130. The standard InChI is InChI=1S/C22H21F2N3O3S/c23-18-6-8-21(20(24)14-18)25-15-22(28)26-9-11-27(12-10-26)31(29,30)19-7-5-16-3-1-2-4-17(16)13-19/h1-8,13-14,25H,9-12,15H2. The number of carbonyl (C=O) groups is 1. The second-order valence-electron chi connectivity index (χ2n) is 7.27. The molecule has 0 aromatic heterocycles. The van der Waals surface area contributed by atoms with E-state index < -0.39 is 21.7 Å². The fourth-order valence-corrected chi connectivity index (χ4v) is 5.03. The maximum atomic E-state index is 13.7. The van der Waals surface area contributed by atoms with E-state index in [4.69, 9.17) is 0 Å². The van der Waals surface area contributed by atoms with Crippen molar-refractivity contribution in [2.75, 3.05) is 38.0 Å². The molecule has 0 spiro atoms. The van der Waals surface area contributed by atoms with Gasteiger partial charge in [0.2, 0.25) is 15.9 Å². The van der Waals surface area contributed by atoms with Crippen molar-refractivity contribution < 1.29 is 22.0 Å². The lowest BCUT2D eigenvalue weighted by Gasteiger charge is -2.34. The molecule has 0 radical (unpaired) electrons. The fourth-order valence-electron chi connectivity index (χ4n) is 3.57. The van der Waals surface area contributed by atoms with Gasteiger partial charge in [0.25, 0.3) is 0 Å². The highest BCUT2D eigenvalue weighted by Crippen LogP contribution is 2.23. The molecule has 0 bridgehead atoms. The van der Waals surface area contributed by atoms with Crippen LogP contribution in [0.3, 0.4) is 0 Å². The Bertz CT molecular complexity index is 1230. The third kappa shape index (κ3) is 4.52. The van der Waals surface area contributed by atoms with Crippen LogP contribution in [-0.2, 0) is 14.8 Å². The topological polar surface area (TPSA) is 69.7 Å². The van der Waals surface area contributed by atoms with Crippen LogP contribution in [0.25, 0.3) is 10.8 Å². The highest BCUT2D eigenvalue weighted by molar-refractivity contribution is 7.89. The molecule has 0 atom stereocenters. The van der Waals surface area contributed by atoms with E-state index in [1.165, 1.54) is 15.3 Å². The van der Waals surface area contributed by atoms with Crippen LogP contribution >= 0.6 is 0 Å². The Morgan fingerprint density at radius 3 is 2.32 bits per heavy atom. The van der Waals surface area contributed by atoms with Crippen LogP contribution < -0.4 is 5.32 Å². The highest BCUT2D eigenvalue weighted by Gasteiger charge is 2.30. The molecule has 1 aliphatic heterocycles. The molecule has 1 amide bonds. The van der Waals surface area contributed by atoms with Crippen molar-refractivity contribution in [3.63, 3.8) is 0 Å². The van der Waals surface area contributed by atoms with E-state index >= 15 is 0 Å². The summed E-state index contributed by atoms with van der Waals surface area (Å²) in [6.45, 7) is 0.649. The van der Waals surface area contributed by atoms with E-state index in [2.05, 4.69) is 5.32 Å². The zero-order chi connectivity index (χ0) is 22.0. The number of hydrogen-bond donors (Lipinski definition) is 1. The van der Waals surface area contributed by atoms with Gasteiger partial charge < -0.3 is 10.2 Å². The van der Waals surface area contributed by atoms with E-state index in [0.29, 0.717) is 0 Å². The second-order valence-corrected chi connectivity index (χ2v) is 9.21. The Labute approximate surface area is 179 Å². The van der Waals surface area contributed by atoms with Gasteiger partial charge in [0.05, 0.1) is 17.1 Å². The van der Waals surface area contributed by atoms with Crippen LogP contribution in [0.4, 0.5) is 14.5 Å². The lowest BCUT2D eigenvalue weighted by atomic mass is 10.1. The lowest BCUT2D eigenvalue weighted by Crippen LogP contribution is -2.51. The number of halogens is 2. The minimum atomic E-state index is -3.67. The smallest absolute Gasteiger partial charge is 0.243 e. The molecule has 1 N–H and O–H groups in total. The van der Waals surface area contributed by atoms with Gasteiger partial charge in [-0.25, -0.2) is 17.2 Å². The number of nitrogens with one attached hydrogen (secondary N) is 1. The highest BCUT2D eigenvalue weighted by atomic mass is 32.2. The molecule has 3 aromatic carbocycles. The first kappa shape index (κ1) is 21.2. The summed E-state index contributed by atoms with van der Waals surface area (Å²) >= 11 is 0. The number of anilines is 1. The summed E-state index contributed by atoms with van der Waals surface area (Å²) < 4.78 is 54.1. The normalized spacial score (nSPS) is 15.2. The SMILES string of the molecule is O=C(CNc1ccc(F)cc1F)N1CCN(S(=O)(=O)c2ccc3ccccc3c2)CC1. The summed E-state index contributed by atoms with van der Waals surface area (Å²) in [5, 5.41) is 4.46. The number of benzene rings is 3. The minimum absolute atomic E-state index is 0.0345. The number of amides is 1. The number of carbonyl (C=O) groups excluding carboxylic acids is 1. The number of fused-ring (bicyclic) bond motifs is 1. The van der Waals surface area contributed by atoms with E-state index in [-0.39, 0.29) is 49.2 Å². The summed E-state index contributed by atoms with van der Waals surface area (Å²) in [5.74, 6) is -1.76. The molecule has 4 rings (SSSR count). The van der Waals surface area contributed by atoms with E-state index in [0.717, 1.165) is 22.9 Å². The quantitative estimate of drug-likeness (QED) is 0.656. The molecule has 0 saturated carbocycles. The molecule has 1 saturated heterocycles. The molecular weight excluding hydrogens is 424 g/mol. The molecule has 1 aliphatic rings. The van der Waals surface area contributed by atoms with Crippen molar-refractivity contribution >= 4 is 32.4 Å². The molecule has 1 heterocycles. The average molecular weight is 445 g/mol. The predicted octanol–water partition coefficient (Wildman–Crippen LogP) is 3.06. The summed E-state index contributed by atoms with van der Waals surface area (Å²) in [6, 6.07) is 15.6. The Morgan fingerprint density at radius 1 is 0.903 bits per heavy atom. The van der Waals surface area contributed by atoms with Gasteiger partial charge >= 0.3 is 0 Å². The Morgan fingerprint density at radius 2 is 1.61 bits per heavy atom. The summed E-state index contributed by atoms with van der Waals surface area (Å²) in [4.78, 5) is 14.2. The van der Waals surface area contributed by atoms with Crippen LogP contribution in [0, 0.1) is 11.6 Å². The van der Waals surface area contributed by atoms with Gasteiger partial charge in [0.1, 0.15) is 11.6 Å². The van der Waals surface area contributed by atoms with E-state index in [1.807, 2.05) is 24.3 Å². The van der Waals surface area contributed by atoms with Gasteiger partial charge in [-0.2, -0.15) is 4.31 Å². The molecule has 9 heteroatoms. The maximum absolute atomic E-state index is 13.7. The third-order valence-corrected chi connectivity index (χ3v) is 7.21. The number of piperazine rings is 1. The van der Waals surface area contributed by atoms with Crippen molar-refractivity contribution in [3.05, 3.63) is 72.3 Å². The largest absolute Gasteiger partial charge is 0.374 e. The van der Waals surface area contributed by atoms with Crippen molar-refractivity contribution in [3.8, 4) is 0 Å². The summed E-state index contributed by atoms with van der Waals surface area (Å²) in [7, 11) is -3.67. The number of sulfonamides is 1. The van der Waals surface area contributed by atoms with Gasteiger partial charge in [-0.3, -0.25) is 4.79 Å². The van der Waals surface area contributed by atoms with Crippen LogP contribution in [0.15, 0.2) is 65.6 Å². The van der Waals surface area contributed by atoms with Gasteiger partial charge in [-0.05, 0) is 35.0 Å². The summed E-state index contributed by atoms with van der Waals surface area (Å²) in [6.07, 6.45) is 0. The molecular formula is C22H21F2N3O3S.